The molecular weight excluding hydrogens is 599 g/mol. The van der Waals surface area contributed by atoms with E-state index in [9.17, 15) is 10.5 Å². The molecule has 0 fully saturated rings. The lowest BCUT2D eigenvalue weighted by atomic mass is 9.97. The van der Waals surface area contributed by atoms with E-state index in [0.29, 0.717) is 71.0 Å². The first kappa shape index (κ1) is 36.0. The molecule has 2 aromatic heterocycles. The molecule has 2 heterocycles. The number of pyridine rings is 1. The van der Waals surface area contributed by atoms with Gasteiger partial charge in [0.1, 0.15) is 46.7 Å². The van der Waals surface area contributed by atoms with E-state index in [2.05, 4.69) is 17.1 Å². The Hall–Kier alpha value is -4.23. The summed E-state index contributed by atoms with van der Waals surface area (Å²) in [4.78, 5) is 9.12. The van der Waals surface area contributed by atoms with E-state index >= 15 is 0 Å². The normalized spacial score (nSPS) is 11.3. The molecule has 0 saturated heterocycles. The van der Waals surface area contributed by atoms with Gasteiger partial charge in [0.05, 0.1) is 44.2 Å². The number of thiazole rings is 1. The maximum Gasteiger partial charge on any atom is 0.198 e. The van der Waals surface area contributed by atoms with Crippen molar-refractivity contribution >= 4 is 28.9 Å². The molecule has 3 rings (SSSR count). The van der Waals surface area contributed by atoms with E-state index in [1.807, 2.05) is 32.2 Å². The third-order valence-corrected chi connectivity index (χ3v) is 7.93. The monoisotopic (exact) mass is 637 g/mol. The van der Waals surface area contributed by atoms with Gasteiger partial charge in [-0.05, 0) is 23.8 Å². The van der Waals surface area contributed by atoms with Gasteiger partial charge in [0, 0.05) is 36.6 Å². The SMILES string of the molecule is CC.CC/C(OC)=C(OC)\C(=C/Cc1nc(CSc2nc(N)c(C#N)c(-c3ccc(OCCOC)cc3)c2C#N)cs1)OC. The third kappa shape index (κ3) is 9.38. The van der Waals surface area contributed by atoms with Crippen LogP contribution in [0.3, 0.4) is 0 Å². The second kappa shape index (κ2) is 19.1. The summed E-state index contributed by atoms with van der Waals surface area (Å²) in [5.41, 5.74) is 8.56. The summed E-state index contributed by atoms with van der Waals surface area (Å²) in [5, 5.41) is 23.2. The van der Waals surface area contributed by atoms with Crippen molar-refractivity contribution < 1.29 is 23.7 Å². The third-order valence-electron chi connectivity index (χ3n) is 6.00. The van der Waals surface area contributed by atoms with Crippen LogP contribution in [-0.2, 0) is 31.1 Å². The number of benzene rings is 1. The Balaban J connectivity index is 0.00000330. The summed E-state index contributed by atoms with van der Waals surface area (Å²) >= 11 is 2.86. The second-order valence-corrected chi connectivity index (χ2v) is 10.4. The predicted molar refractivity (Wildman–Crippen MR) is 174 cm³/mol. The smallest absolute Gasteiger partial charge is 0.198 e. The highest BCUT2D eigenvalue weighted by atomic mass is 32.2. The van der Waals surface area contributed by atoms with Crippen molar-refractivity contribution in [3.05, 3.63) is 74.8 Å². The Bertz CT molecular complexity index is 1500. The van der Waals surface area contributed by atoms with Crippen LogP contribution in [0.1, 0.15) is 49.0 Å². The maximum atomic E-state index is 10.1. The van der Waals surface area contributed by atoms with Crippen LogP contribution < -0.4 is 10.5 Å². The molecule has 44 heavy (non-hydrogen) atoms. The van der Waals surface area contributed by atoms with Crippen molar-refractivity contribution in [2.45, 2.75) is 44.4 Å². The van der Waals surface area contributed by atoms with Gasteiger partial charge in [0.15, 0.2) is 11.5 Å². The highest BCUT2D eigenvalue weighted by Crippen LogP contribution is 2.37. The lowest BCUT2D eigenvalue weighted by Crippen LogP contribution is -2.05. The highest BCUT2D eigenvalue weighted by molar-refractivity contribution is 7.98. The molecule has 0 spiro atoms. The van der Waals surface area contributed by atoms with Crippen LogP contribution in [0.2, 0.25) is 0 Å². The number of nitrogen functional groups attached to an aromatic ring is 1. The average Bonchev–Trinajstić information content (AvgIpc) is 3.52. The lowest BCUT2D eigenvalue weighted by molar-refractivity contribution is 0.146. The molecule has 0 aliphatic carbocycles. The molecule has 10 nitrogen and oxygen atoms in total. The van der Waals surface area contributed by atoms with Crippen molar-refractivity contribution in [3.63, 3.8) is 0 Å². The number of aromatic nitrogens is 2. The molecule has 0 saturated carbocycles. The standard InChI is InChI=1S/C30H33N5O5S2.C2H6/c1-6-24(37-3)28(39-5)25(38-4)11-12-26-34-20(17-41-26)18-42-30-23(16-32)27(22(15-31)29(33)35-30)19-7-9-21(10-8-19)40-14-13-36-2;1-2/h7-11,17H,6,12-14,18H2,1-5H3,(H2,33,35);1-2H3/b25-11+,28-24-;. The first-order chi connectivity index (χ1) is 21.4. The zero-order valence-corrected chi connectivity index (χ0v) is 27.9. The van der Waals surface area contributed by atoms with Gasteiger partial charge in [-0.3, -0.25) is 0 Å². The van der Waals surface area contributed by atoms with Crippen LogP contribution in [-0.4, -0.2) is 51.6 Å². The molecule has 3 aromatic rings. The van der Waals surface area contributed by atoms with Crippen molar-refractivity contribution in [1.29, 1.82) is 10.5 Å². The van der Waals surface area contributed by atoms with Crippen LogP contribution >= 0.6 is 23.1 Å². The summed E-state index contributed by atoms with van der Waals surface area (Å²) in [7, 11) is 6.37. The number of rotatable bonds is 15. The Labute approximate surface area is 268 Å². The number of nitrogens with zero attached hydrogens (tertiary/aromatic N) is 4. The fourth-order valence-corrected chi connectivity index (χ4v) is 5.75. The Morgan fingerprint density at radius 1 is 0.977 bits per heavy atom. The van der Waals surface area contributed by atoms with E-state index in [4.69, 9.17) is 34.4 Å². The quantitative estimate of drug-likeness (QED) is 0.0807. The molecule has 0 aliphatic rings. The predicted octanol–water partition coefficient (Wildman–Crippen LogP) is 6.86. The van der Waals surface area contributed by atoms with Crippen molar-refractivity contribution in [1.82, 2.24) is 9.97 Å². The molecule has 0 radical (unpaired) electrons. The topological polar surface area (TPSA) is 146 Å². The molecule has 2 N–H and O–H groups in total. The van der Waals surface area contributed by atoms with Crippen LogP contribution in [0.25, 0.3) is 11.1 Å². The van der Waals surface area contributed by atoms with Crippen molar-refractivity contribution in [3.8, 4) is 29.0 Å². The molecule has 0 aliphatic heterocycles. The van der Waals surface area contributed by atoms with E-state index in [1.54, 1.807) is 52.7 Å². The number of anilines is 1. The minimum absolute atomic E-state index is 0.0649. The van der Waals surface area contributed by atoms with Gasteiger partial charge in [-0.1, -0.05) is 44.7 Å². The molecule has 0 bridgehead atoms. The Morgan fingerprint density at radius 2 is 1.68 bits per heavy atom. The van der Waals surface area contributed by atoms with Gasteiger partial charge < -0.3 is 29.4 Å². The first-order valence-electron chi connectivity index (χ1n) is 13.9. The minimum atomic E-state index is 0.0649. The molecule has 1 aromatic carbocycles. The molecular formula is C32H39N5O5S2. The summed E-state index contributed by atoms with van der Waals surface area (Å²) in [5.74, 6) is 2.98. The average molecular weight is 638 g/mol. The molecule has 0 atom stereocenters. The van der Waals surface area contributed by atoms with Crippen LogP contribution in [0.4, 0.5) is 5.82 Å². The largest absolute Gasteiger partial charge is 0.497 e. The highest BCUT2D eigenvalue weighted by Gasteiger charge is 2.21. The molecule has 0 unspecified atom stereocenters. The Morgan fingerprint density at radius 3 is 2.25 bits per heavy atom. The maximum absolute atomic E-state index is 10.1. The van der Waals surface area contributed by atoms with Crippen LogP contribution in [0.15, 0.2) is 58.0 Å². The van der Waals surface area contributed by atoms with Crippen molar-refractivity contribution in [2.75, 3.05) is 47.4 Å². The van der Waals surface area contributed by atoms with E-state index in [1.165, 1.54) is 23.1 Å². The summed E-state index contributed by atoms with van der Waals surface area (Å²) in [6.45, 7) is 6.85. The lowest BCUT2D eigenvalue weighted by Gasteiger charge is -2.14. The van der Waals surface area contributed by atoms with Gasteiger partial charge in [-0.15, -0.1) is 11.3 Å². The van der Waals surface area contributed by atoms with Crippen molar-refractivity contribution in [2.24, 2.45) is 0 Å². The van der Waals surface area contributed by atoms with Gasteiger partial charge in [0.2, 0.25) is 0 Å². The summed E-state index contributed by atoms with van der Waals surface area (Å²) < 4.78 is 27.1. The number of methoxy groups -OCH3 is 4. The van der Waals surface area contributed by atoms with Crippen LogP contribution in [0.5, 0.6) is 5.75 Å². The minimum Gasteiger partial charge on any atom is -0.497 e. The van der Waals surface area contributed by atoms with E-state index in [0.717, 1.165) is 10.7 Å². The van der Waals surface area contributed by atoms with Gasteiger partial charge in [0.25, 0.3) is 0 Å². The summed E-state index contributed by atoms with van der Waals surface area (Å²) in [6.07, 6.45) is 3.10. The number of ether oxygens (including phenoxy) is 5. The first-order valence-corrected chi connectivity index (χ1v) is 15.8. The zero-order chi connectivity index (χ0) is 32.5. The Kier molecular flexibility index (Phi) is 15.6. The fourth-order valence-electron chi connectivity index (χ4n) is 4.00. The van der Waals surface area contributed by atoms with Gasteiger partial charge in [-0.2, -0.15) is 10.5 Å². The van der Waals surface area contributed by atoms with Gasteiger partial charge in [-0.25, -0.2) is 9.97 Å². The number of nitriles is 2. The fraction of sp³-hybridized carbons (Fsp3) is 0.375. The number of nitrogens with two attached hydrogens (primary N) is 1. The number of thioether (sulfide) groups is 1. The zero-order valence-electron chi connectivity index (χ0n) is 26.2. The number of hydrogen-bond acceptors (Lipinski definition) is 12. The second-order valence-electron chi connectivity index (χ2n) is 8.53. The van der Waals surface area contributed by atoms with E-state index < -0.39 is 0 Å². The van der Waals surface area contributed by atoms with Gasteiger partial charge >= 0.3 is 0 Å². The summed E-state index contributed by atoms with van der Waals surface area (Å²) in [6, 6.07) is 11.5. The number of allylic oxidation sites excluding steroid dienone is 2. The van der Waals surface area contributed by atoms with Crippen LogP contribution in [0, 0.1) is 22.7 Å². The molecule has 0 amide bonds. The number of hydrogen-bond donors (Lipinski definition) is 1. The molecule has 234 valence electrons. The molecule has 12 heteroatoms. The van der Waals surface area contributed by atoms with E-state index in [-0.39, 0.29) is 16.9 Å².